The van der Waals surface area contributed by atoms with E-state index in [2.05, 4.69) is 10.2 Å². The summed E-state index contributed by atoms with van der Waals surface area (Å²) in [7, 11) is 0. The first-order chi connectivity index (χ1) is 15.0. The minimum atomic E-state index is -0.749. The second kappa shape index (κ2) is 7.33. The first kappa shape index (κ1) is 18.9. The van der Waals surface area contributed by atoms with Crippen molar-refractivity contribution in [1.29, 1.82) is 0 Å². The number of anilines is 1. The first-order valence-electron chi connectivity index (χ1n) is 9.21. The van der Waals surface area contributed by atoms with Crippen molar-refractivity contribution in [1.82, 2.24) is 10.2 Å². The van der Waals surface area contributed by atoms with E-state index in [9.17, 15) is 14.4 Å². The molecule has 1 aliphatic heterocycles. The monoisotopic (exact) mass is 434 g/mol. The van der Waals surface area contributed by atoms with Crippen molar-refractivity contribution in [2.24, 2.45) is 5.73 Å². The van der Waals surface area contributed by atoms with E-state index in [1.165, 1.54) is 21.7 Å². The lowest BCUT2D eigenvalue weighted by Crippen LogP contribution is -2.29. The summed E-state index contributed by atoms with van der Waals surface area (Å²) in [6.45, 7) is -0.253. The van der Waals surface area contributed by atoms with E-state index in [1.807, 2.05) is 0 Å². The lowest BCUT2D eigenvalue weighted by atomic mass is 9.98. The minimum Gasteiger partial charge on any atom is -0.484 e. The van der Waals surface area contributed by atoms with Crippen LogP contribution < -0.4 is 20.8 Å². The topological polar surface area (TPSA) is 129 Å². The predicted octanol–water partition coefficient (Wildman–Crippen LogP) is 2.26. The Labute approximate surface area is 178 Å². The van der Waals surface area contributed by atoms with Gasteiger partial charge in [0.05, 0.1) is 17.0 Å². The van der Waals surface area contributed by atoms with Crippen LogP contribution in [-0.4, -0.2) is 28.6 Å². The van der Waals surface area contributed by atoms with E-state index < -0.39 is 17.9 Å². The van der Waals surface area contributed by atoms with E-state index in [1.54, 1.807) is 48.5 Å². The summed E-state index contributed by atoms with van der Waals surface area (Å²) >= 11 is 1.18. The minimum absolute atomic E-state index is 0.0158. The number of amides is 2. The maximum absolute atomic E-state index is 13.4. The van der Waals surface area contributed by atoms with Crippen LogP contribution in [0.3, 0.4) is 0 Å². The molecule has 1 unspecified atom stereocenters. The maximum atomic E-state index is 13.4. The summed E-state index contributed by atoms with van der Waals surface area (Å²) in [6.07, 6.45) is 0. The van der Waals surface area contributed by atoms with Gasteiger partial charge in [0.1, 0.15) is 16.8 Å². The van der Waals surface area contributed by atoms with Gasteiger partial charge in [-0.05, 0) is 29.8 Å². The van der Waals surface area contributed by atoms with Crippen LogP contribution in [0.25, 0.3) is 11.0 Å². The molecule has 1 atom stereocenters. The summed E-state index contributed by atoms with van der Waals surface area (Å²) in [5.74, 6) is -0.641. The average Bonchev–Trinajstić information content (AvgIpc) is 3.40. The van der Waals surface area contributed by atoms with Gasteiger partial charge in [0.25, 0.3) is 11.8 Å². The fourth-order valence-corrected chi connectivity index (χ4v) is 4.19. The summed E-state index contributed by atoms with van der Waals surface area (Å²) in [6, 6.07) is 12.8. The smallest absolute Gasteiger partial charge is 0.297 e. The summed E-state index contributed by atoms with van der Waals surface area (Å²) in [5, 5.41) is 8.59. The van der Waals surface area contributed by atoms with Crippen molar-refractivity contribution in [3.05, 3.63) is 81.2 Å². The quantitative estimate of drug-likeness (QED) is 0.510. The normalized spacial score (nSPS) is 15.3. The molecule has 2 N–H and O–H groups in total. The zero-order chi connectivity index (χ0) is 21.5. The third-order valence-electron chi connectivity index (χ3n) is 4.91. The number of carbonyl (C=O) groups excluding carboxylic acids is 2. The number of nitrogens with zero attached hydrogens (tertiary/aromatic N) is 3. The number of fused-ring (bicyclic) bond motifs is 2. The second-order valence-electron chi connectivity index (χ2n) is 6.79. The number of carbonyl (C=O) groups is 2. The average molecular weight is 434 g/mol. The van der Waals surface area contributed by atoms with Crippen LogP contribution in [0.4, 0.5) is 5.13 Å². The van der Waals surface area contributed by atoms with Gasteiger partial charge in [0.15, 0.2) is 12.0 Å². The molecule has 4 aromatic rings. The third kappa shape index (κ3) is 3.13. The van der Waals surface area contributed by atoms with Crippen molar-refractivity contribution in [2.45, 2.75) is 6.04 Å². The summed E-state index contributed by atoms with van der Waals surface area (Å²) in [5.41, 5.74) is 7.57. The molecule has 154 valence electrons. The zero-order valence-corrected chi connectivity index (χ0v) is 16.7. The molecule has 3 heterocycles. The number of ether oxygens (including phenoxy) is 1. The largest absolute Gasteiger partial charge is 0.484 e. The molecule has 0 radical (unpaired) electrons. The molecule has 2 aromatic heterocycles. The van der Waals surface area contributed by atoms with Crippen LogP contribution in [0, 0.1) is 0 Å². The molecule has 10 heteroatoms. The van der Waals surface area contributed by atoms with Crippen LogP contribution >= 0.6 is 11.3 Å². The number of rotatable bonds is 5. The number of benzene rings is 2. The highest BCUT2D eigenvalue weighted by Crippen LogP contribution is 2.41. The summed E-state index contributed by atoms with van der Waals surface area (Å²) < 4.78 is 11.2. The first-order valence-corrected chi connectivity index (χ1v) is 10.1. The SMILES string of the molecule is NC(=O)COc1ccc(C2c3c(oc4ccccc4c3=O)C(=O)N2c2nncs2)cc1. The van der Waals surface area contributed by atoms with Gasteiger partial charge in [-0.15, -0.1) is 10.2 Å². The molecule has 0 bridgehead atoms. The molecular weight excluding hydrogens is 420 g/mol. The van der Waals surface area contributed by atoms with Crippen molar-refractivity contribution in [3.8, 4) is 5.75 Å². The predicted molar refractivity (Wildman–Crippen MR) is 112 cm³/mol. The lowest BCUT2D eigenvalue weighted by Gasteiger charge is -2.22. The molecular formula is C21H14N4O5S. The third-order valence-corrected chi connectivity index (χ3v) is 5.60. The van der Waals surface area contributed by atoms with E-state index >= 15 is 0 Å². The van der Waals surface area contributed by atoms with E-state index in [0.29, 0.717) is 27.4 Å². The van der Waals surface area contributed by atoms with Crippen LogP contribution in [0.1, 0.15) is 27.7 Å². The molecule has 31 heavy (non-hydrogen) atoms. The second-order valence-corrected chi connectivity index (χ2v) is 7.60. The van der Waals surface area contributed by atoms with Crippen LogP contribution in [0.2, 0.25) is 0 Å². The van der Waals surface area contributed by atoms with E-state index in [4.69, 9.17) is 14.9 Å². The zero-order valence-electron chi connectivity index (χ0n) is 15.8. The molecule has 0 spiro atoms. The highest BCUT2D eigenvalue weighted by atomic mass is 32.1. The molecule has 0 saturated carbocycles. The van der Waals surface area contributed by atoms with Crippen LogP contribution in [-0.2, 0) is 4.79 Å². The van der Waals surface area contributed by atoms with Gasteiger partial charge in [0.2, 0.25) is 10.9 Å². The Bertz CT molecular complexity index is 1370. The van der Waals surface area contributed by atoms with Crippen molar-refractivity contribution < 1.29 is 18.7 Å². The Balaban J connectivity index is 1.67. The van der Waals surface area contributed by atoms with Crippen LogP contribution in [0.15, 0.2) is 63.3 Å². The standard InChI is InChI=1S/C21H14N4O5S/c22-15(26)9-29-12-7-5-11(6-8-12)17-16-18(27)13-3-1-2-4-14(13)30-19(16)20(28)25(17)21-24-23-10-31-21/h1-8,10,17H,9H2,(H2,22,26). The lowest BCUT2D eigenvalue weighted by molar-refractivity contribution is -0.119. The highest BCUT2D eigenvalue weighted by molar-refractivity contribution is 7.13. The molecule has 2 aromatic carbocycles. The van der Waals surface area contributed by atoms with Gasteiger partial charge >= 0.3 is 0 Å². The fourth-order valence-electron chi connectivity index (χ4n) is 3.61. The van der Waals surface area contributed by atoms with Gasteiger partial charge in [-0.25, -0.2) is 0 Å². The maximum Gasteiger partial charge on any atom is 0.297 e. The fraction of sp³-hybridized carbons (Fsp3) is 0.0952. The molecule has 2 amide bonds. The van der Waals surface area contributed by atoms with Crippen molar-refractivity contribution in [2.75, 3.05) is 11.5 Å². The number of aromatic nitrogens is 2. The number of primary amides is 1. The highest BCUT2D eigenvalue weighted by Gasteiger charge is 2.44. The molecule has 0 aliphatic carbocycles. The van der Waals surface area contributed by atoms with E-state index in [-0.39, 0.29) is 23.4 Å². The van der Waals surface area contributed by atoms with Crippen molar-refractivity contribution >= 4 is 39.3 Å². The number of hydrogen-bond donors (Lipinski definition) is 1. The molecule has 9 nitrogen and oxygen atoms in total. The van der Waals surface area contributed by atoms with Crippen LogP contribution in [0.5, 0.6) is 5.75 Å². The van der Waals surface area contributed by atoms with Gasteiger partial charge in [-0.3, -0.25) is 19.3 Å². The number of para-hydroxylation sites is 1. The molecule has 1 aliphatic rings. The number of hydrogen-bond acceptors (Lipinski definition) is 8. The molecule has 5 rings (SSSR count). The Morgan fingerprint density at radius 2 is 1.94 bits per heavy atom. The summed E-state index contributed by atoms with van der Waals surface area (Å²) in [4.78, 5) is 39.0. The Morgan fingerprint density at radius 3 is 2.65 bits per heavy atom. The molecule has 0 fully saturated rings. The molecule has 0 saturated heterocycles. The van der Waals surface area contributed by atoms with Gasteiger partial charge in [-0.2, -0.15) is 0 Å². The Kier molecular flexibility index (Phi) is 4.48. The van der Waals surface area contributed by atoms with Gasteiger partial charge in [0, 0.05) is 0 Å². The number of nitrogens with two attached hydrogens (primary N) is 1. The van der Waals surface area contributed by atoms with E-state index in [0.717, 1.165) is 0 Å². The van der Waals surface area contributed by atoms with Gasteiger partial charge in [-0.1, -0.05) is 35.6 Å². The van der Waals surface area contributed by atoms with Gasteiger partial charge < -0.3 is 14.9 Å². The van der Waals surface area contributed by atoms with Crippen molar-refractivity contribution in [3.63, 3.8) is 0 Å². The Hall–Kier alpha value is -4.05. The Morgan fingerprint density at radius 1 is 1.16 bits per heavy atom.